The molecule has 2 aromatic rings. The molecular weight excluding hydrogens is 410 g/mol. The Morgan fingerprint density at radius 2 is 1.74 bits per heavy atom. The summed E-state index contributed by atoms with van der Waals surface area (Å²) in [5.41, 5.74) is 1.40. The van der Waals surface area contributed by atoms with E-state index in [1.807, 2.05) is 32.0 Å². The maximum absolute atomic E-state index is 14.3. The minimum absolute atomic E-state index is 0.260. The Balaban J connectivity index is 1.40. The molecule has 1 aliphatic carbocycles. The molecule has 0 unspecified atom stereocenters. The highest BCUT2D eigenvalue weighted by molar-refractivity contribution is 5.36. The zero-order valence-corrected chi connectivity index (χ0v) is 17.6. The fourth-order valence-electron chi connectivity index (χ4n) is 4.83. The second kappa shape index (κ2) is 8.43. The van der Waals surface area contributed by atoms with Gasteiger partial charge in [-0.25, -0.2) is 4.39 Å². The normalized spacial score (nSPS) is 26.7. The summed E-state index contributed by atoms with van der Waals surface area (Å²) in [5, 5.41) is 10.7. The molecule has 0 amide bonds. The van der Waals surface area contributed by atoms with Crippen molar-refractivity contribution in [3.8, 4) is 5.75 Å². The van der Waals surface area contributed by atoms with Crippen LogP contribution in [-0.2, 0) is 12.7 Å². The van der Waals surface area contributed by atoms with Crippen molar-refractivity contribution in [3.63, 3.8) is 0 Å². The first-order valence-corrected chi connectivity index (χ1v) is 10.6. The number of fused-ring (bicyclic) bond motifs is 1. The monoisotopic (exact) mass is 437 g/mol. The molecule has 7 heteroatoms. The lowest BCUT2D eigenvalue weighted by Gasteiger charge is -2.35. The largest absolute Gasteiger partial charge is 0.487 e. The number of likely N-dealkylation sites (tertiary alicyclic amines) is 1. The molecule has 2 fully saturated rings. The van der Waals surface area contributed by atoms with E-state index in [0.29, 0.717) is 37.9 Å². The second-order valence-corrected chi connectivity index (χ2v) is 8.98. The molecule has 1 heterocycles. The summed E-state index contributed by atoms with van der Waals surface area (Å²) < 4.78 is 58.7. The molecule has 1 saturated carbocycles. The lowest BCUT2D eigenvalue weighted by Crippen LogP contribution is -2.42. The summed E-state index contributed by atoms with van der Waals surface area (Å²) in [4.78, 5) is 2.06. The van der Waals surface area contributed by atoms with Gasteiger partial charge in [0.25, 0.3) is 0 Å². The predicted molar refractivity (Wildman–Crippen MR) is 109 cm³/mol. The van der Waals surface area contributed by atoms with Gasteiger partial charge in [0.1, 0.15) is 17.7 Å². The van der Waals surface area contributed by atoms with E-state index in [1.165, 1.54) is 6.07 Å². The van der Waals surface area contributed by atoms with E-state index in [0.717, 1.165) is 22.9 Å². The molecule has 0 bridgehead atoms. The Hall–Kier alpha value is -2.12. The first-order chi connectivity index (χ1) is 14.6. The van der Waals surface area contributed by atoms with Gasteiger partial charge in [0.2, 0.25) is 0 Å². The summed E-state index contributed by atoms with van der Waals surface area (Å²) in [5.74, 6) is 0.520. The Morgan fingerprint density at radius 3 is 2.42 bits per heavy atom. The summed E-state index contributed by atoms with van der Waals surface area (Å²) in [6.07, 6.45) is -4.13. The maximum atomic E-state index is 14.3. The van der Waals surface area contributed by atoms with Gasteiger partial charge in [0.15, 0.2) is 0 Å². The average Bonchev–Trinajstić information content (AvgIpc) is 3.06. The van der Waals surface area contributed by atoms with Crippen LogP contribution in [0.3, 0.4) is 0 Å². The van der Waals surface area contributed by atoms with Crippen LogP contribution in [0.5, 0.6) is 5.75 Å². The zero-order chi connectivity index (χ0) is 22.3. The molecule has 1 N–H and O–H groups in total. The van der Waals surface area contributed by atoms with Crippen molar-refractivity contribution in [2.75, 3.05) is 13.1 Å². The van der Waals surface area contributed by atoms with E-state index in [-0.39, 0.29) is 24.1 Å². The van der Waals surface area contributed by atoms with Crippen LogP contribution < -0.4 is 4.74 Å². The Labute approximate surface area is 179 Å². The van der Waals surface area contributed by atoms with Gasteiger partial charge in [-0.3, -0.25) is 4.90 Å². The smallest absolute Gasteiger partial charge is 0.416 e. The Morgan fingerprint density at radius 1 is 1.03 bits per heavy atom. The molecule has 0 radical (unpaired) electrons. The summed E-state index contributed by atoms with van der Waals surface area (Å²) in [6.45, 7) is 5.63. The van der Waals surface area contributed by atoms with Crippen molar-refractivity contribution in [1.82, 2.24) is 4.90 Å². The standard InChI is InChI=1S/C24H27F4NO2/c1-14-3-4-15(2)22(7-14)31-23-9-18-13-29(12-17(18)8-21(23)30)11-16-5-6-19(10-20(16)25)24(26,27)28/h3-7,10,17-18,21,23,30H,8-9,11-13H2,1-2H3/t17-,18+,21+,23+/m0/s1. The fraction of sp³-hybridized carbons (Fsp3) is 0.500. The summed E-state index contributed by atoms with van der Waals surface area (Å²) >= 11 is 0. The van der Waals surface area contributed by atoms with Crippen LogP contribution in [0.1, 0.15) is 35.1 Å². The first kappa shape index (κ1) is 22.1. The topological polar surface area (TPSA) is 32.7 Å². The van der Waals surface area contributed by atoms with E-state index < -0.39 is 23.7 Å². The number of ether oxygens (including phenoxy) is 1. The molecule has 2 aromatic carbocycles. The molecule has 168 valence electrons. The first-order valence-electron chi connectivity index (χ1n) is 10.6. The number of halogens is 4. The molecule has 2 aliphatic rings. The third-order valence-corrected chi connectivity index (χ3v) is 6.56. The van der Waals surface area contributed by atoms with Crippen molar-refractivity contribution in [3.05, 3.63) is 64.5 Å². The number of nitrogens with zero attached hydrogens (tertiary/aromatic N) is 1. The van der Waals surface area contributed by atoms with Gasteiger partial charge < -0.3 is 9.84 Å². The number of aryl methyl sites for hydroxylation is 2. The molecule has 3 nitrogen and oxygen atoms in total. The highest BCUT2D eigenvalue weighted by Gasteiger charge is 2.43. The van der Waals surface area contributed by atoms with Crippen molar-refractivity contribution >= 4 is 0 Å². The molecule has 0 spiro atoms. The van der Waals surface area contributed by atoms with Crippen LogP contribution in [-0.4, -0.2) is 35.3 Å². The molecule has 1 saturated heterocycles. The quantitative estimate of drug-likeness (QED) is 0.675. The van der Waals surface area contributed by atoms with Crippen LogP contribution in [0.4, 0.5) is 17.6 Å². The van der Waals surface area contributed by atoms with Gasteiger partial charge in [-0.05, 0) is 67.9 Å². The van der Waals surface area contributed by atoms with Crippen LogP contribution in [0, 0.1) is 31.5 Å². The number of aliphatic hydroxyl groups excluding tert-OH is 1. The van der Waals surface area contributed by atoms with E-state index in [9.17, 15) is 22.7 Å². The minimum atomic E-state index is -4.55. The lowest BCUT2D eigenvalue weighted by atomic mass is 9.78. The third kappa shape index (κ3) is 4.88. The SMILES string of the molecule is Cc1ccc(C)c(O[C@@H]2C[C@@H]3CN(Cc4ccc(C(F)(F)F)cc4F)C[C@@H]3C[C@H]2O)c1. The van der Waals surface area contributed by atoms with Gasteiger partial charge in [-0.1, -0.05) is 18.2 Å². The highest BCUT2D eigenvalue weighted by atomic mass is 19.4. The zero-order valence-electron chi connectivity index (χ0n) is 17.6. The summed E-state index contributed by atoms with van der Waals surface area (Å²) in [6, 6.07) is 8.71. The summed E-state index contributed by atoms with van der Waals surface area (Å²) in [7, 11) is 0. The van der Waals surface area contributed by atoms with Crippen LogP contribution in [0.15, 0.2) is 36.4 Å². The molecule has 4 rings (SSSR count). The van der Waals surface area contributed by atoms with Crippen molar-refractivity contribution in [2.45, 2.75) is 51.6 Å². The fourth-order valence-corrected chi connectivity index (χ4v) is 4.83. The molecule has 4 atom stereocenters. The number of aliphatic hydroxyl groups is 1. The molecular formula is C24H27F4NO2. The predicted octanol–water partition coefficient (Wildman–Crippen LogP) is 5.11. The number of hydrogen-bond acceptors (Lipinski definition) is 3. The van der Waals surface area contributed by atoms with E-state index in [1.54, 1.807) is 0 Å². The molecule has 1 aliphatic heterocycles. The van der Waals surface area contributed by atoms with Crippen LogP contribution in [0.2, 0.25) is 0 Å². The van der Waals surface area contributed by atoms with Crippen LogP contribution in [0.25, 0.3) is 0 Å². The third-order valence-electron chi connectivity index (χ3n) is 6.56. The lowest BCUT2D eigenvalue weighted by molar-refractivity contribution is -0.137. The minimum Gasteiger partial charge on any atom is -0.487 e. The molecule has 31 heavy (non-hydrogen) atoms. The second-order valence-electron chi connectivity index (χ2n) is 8.98. The van der Waals surface area contributed by atoms with Crippen molar-refractivity contribution in [1.29, 1.82) is 0 Å². The van der Waals surface area contributed by atoms with Gasteiger partial charge in [0, 0.05) is 25.2 Å². The van der Waals surface area contributed by atoms with Gasteiger partial charge >= 0.3 is 6.18 Å². The van der Waals surface area contributed by atoms with Crippen molar-refractivity contribution in [2.24, 2.45) is 11.8 Å². The maximum Gasteiger partial charge on any atom is 0.416 e. The highest BCUT2D eigenvalue weighted by Crippen LogP contribution is 2.39. The van der Waals surface area contributed by atoms with E-state index >= 15 is 0 Å². The van der Waals surface area contributed by atoms with E-state index in [4.69, 9.17) is 4.74 Å². The average molecular weight is 437 g/mol. The Kier molecular flexibility index (Phi) is 6.01. The number of rotatable bonds is 4. The van der Waals surface area contributed by atoms with Crippen LogP contribution >= 0.6 is 0 Å². The number of alkyl halides is 3. The van der Waals surface area contributed by atoms with Gasteiger partial charge in [0.05, 0.1) is 11.7 Å². The number of benzene rings is 2. The number of hydrogen-bond donors (Lipinski definition) is 1. The van der Waals surface area contributed by atoms with E-state index in [2.05, 4.69) is 4.90 Å². The Bertz CT molecular complexity index is 946. The van der Waals surface area contributed by atoms with Crippen molar-refractivity contribution < 1.29 is 27.4 Å². The van der Waals surface area contributed by atoms with Gasteiger partial charge in [-0.2, -0.15) is 13.2 Å². The molecule has 0 aromatic heterocycles. The van der Waals surface area contributed by atoms with Gasteiger partial charge in [-0.15, -0.1) is 0 Å².